The van der Waals surface area contributed by atoms with Gasteiger partial charge in [0, 0.05) is 24.7 Å². The maximum absolute atomic E-state index is 12.3. The lowest BCUT2D eigenvalue weighted by Gasteiger charge is -2.25. The van der Waals surface area contributed by atoms with Gasteiger partial charge >= 0.3 is 0 Å². The first-order valence-electron chi connectivity index (χ1n) is 6.30. The zero-order valence-corrected chi connectivity index (χ0v) is 11.8. The van der Waals surface area contributed by atoms with Gasteiger partial charge in [-0.05, 0) is 26.0 Å². The van der Waals surface area contributed by atoms with Crippen LogP contribution in [0.1, 0.15) is 24.2 Å². The number of aliphatic hydroxyl groups is 1. The van der Waals surface area contributed by atoms with Crippen molar-refractivity contribution in [3.8, 4) is 11.4 Å². The molecule has 2 aromatic rings. The number of aromatic amines is 1. The van der Waals surface area contributed by atoms with Crippen molar-refractivity contribution >= 4 is 5.91 Å². The Morgan fingerprint density at radius 2 is 2.20 bits per heavy atom. The molecule has 0 radical (unpaired) electrons. The van der Waals surface area contributed by atoms with Gasteiger partial charge in [0.25, 0.3) is 5.91 Å². The number of benzene rings is 1. The quantitative estimate of drug-likeness (QED) is 0.880. The second-order valence-electron chi connectivity index (χ2n) is 5.39. The molecule has 0 atom stereocenters. The first kappa shape index (κ1) is 14.2. The fraction of sp³-hybridized carbons (Fsp3) is 0.357. The Hall–Kier alpha value is -2.21. The van der Waals surface area contributed by atoms with E-state index in [-0.39, 0.29) is 12.5 Å². The second-order valence-corrected chi connectivity index (χ2v) is 5.39. The van der Waals surface area contributed by atoms with Gasteiger partial charge in [-0.25, -0.2) is 4.98 Å². The number of H-pyrrole nitrogens is 1. The summed E-state index contributed by atoms with van der Waals surface area (Å²) in [7, 11) is 1.67. The highest BCUT2D eigenvalue weighted by Gasteiger charge is 2.20. The molecule has 0 aliphatic rings. The highest BCUT2D eigenvalue weighted by Crippen LogP contribution is 2.17. The molecule has 0 saturated heterocycles. The van der Waals surface area contributed by atoms with Crippen LogP contribution in [0.15, 0.2) is 30.6 Å². The molecule has 1 heterocycles. The molecule has 1 aromatic heterocycles. The molecular formula is C14H18N4O2. The van der Waals surface area contributed by atoms with Gasteiger partial charge in [-0.2, -0.15) is 5.10 Å². The molecule has 20 heavy (non-hydrogen) atoms. The lowest BCUT2D eigenvalue weighted by molar-refractivity contribution is 0.0368. The number of nitrogens with zero attached hydrogens (tertiary/aromatic N) is 3. The minimum atomic E-state index is -0.924. The van der Waals surface area contributed by atoms with Gasteiger partial charge in [-0.1, -0.05) is 12.1 Å². The van der Waals surface area contributed by atoms with Crippen LogP contribution in [0.3, 0.4) is 0 Å². The molecule has 1 aromatic carbocycles. The van der Waals surface area contributed by atoms with Crippen molar-refractivity contribution < 1.29 is 9.90 Å². The van der Waals surface area contributed by atoms with Crippen molar-refractivity contribution in [2.75, 3.05) is 13.6 Å². The maximum atomic E-state index is 12.3. The van der Waals surface area contributed by atoms with Crippen molar-refractivity contribution in [3.05, 3.63) is 36.2 Å². The number of hydrogen-bond donors (Lipinski definition) is 2. The molecule has 0 spiro atoms. The molecule has 1 amide bonds. The summed E-state index contributed by atoms with van der Waals surface area (Å²) in [6.07, 6.45) is 1.42. The number of carbonyl (C=O) groups is 1. The van der Waals surface area contributed by atoms with Gasteiger partial charge < -0.3 is 10.0 Å². The van der Waals surface area contributed by atoms with Crippen LogP contribution in [0.2, 0.25) is 0 Å². The fourth-order valence-corrected chi connectivity index (χ4v) is 2.02. The van der Waals surface area contributed by atoms with Crippen LogP contribution in [-0.4, -0.2) is 50.3 Å². The van der Waals surface area contributed by atoms with Gasteiger partial charge in [-0.15, -0.1) is 0 Å². The van der Waals surface area contributed by atoms with Gasteiger partial charge in [0.15, 0.2) is 5.82 Å². The van der Waals surface area contributed by atoms with E-state index in [2.05, 4.69) is 15.2 Å². The van der Waals surface area contributed by atoms with Gasteiger partial charge in [-0.3, -0.25) is 9.89 Å². The topological polar surface area (TPSA) is 82.1 Å². The van der Waals surface area contributed by atoms with Crippen LogP contribution < -0.4 is 0 Å². The fourth-order valence-electron chi connectivity index (χ4n) is 2.02. The Balaban J connectivity index is 2.21. The predicted molar refractivity (Wildman–Crippen MR) is 75.1 cm³/mol. The smallest absolute Gasteiger partial charge is 0.253 e. The summed E-state index contributed by atoms with van der Waals surface area (Å²) in [5.74, 6) is 0.471. The van der Waals surface area contributed by atoms with Crippen LogP contribution in [-0.2, 0) is 0 Å². The number of aromatic nitrogens is 3. The molecule has 0 fully saturated rings. The maximum Gasteiger partial charge on any atom is 0.253 e. The molecule has 0 bridgehead atoms. The number of likely N-dealkylation sites (N-methyl/N-ethyl adjacent to an activating group) is 1. The van der Waals surface area contributed by atoms with E-state index in [9.17, 15) is 9.90 Å². The van der Waals surface area contributed by atoms with Gasteiger partial charge in [0.05, 0.1) is 5.60 Å². The molecular weight excluding hydrogens is 256 g/mol. The third kappa shape index (κ3) is 3.42. The van der Waals surface area contributed by atoms with Crippen LogP contribution >= 0.6 is 0 Å². The molecule has 0 saturated carbocycles. The third-order valence-electron chi connectivity index (χ3n) is 2.77. The zero-order valence-electron chi connectivity index (χ0n) is 11.8. The van der Waals surface area contributed by atoms with E-state index in [1.54, 1.807) is 39.1 Å². The van der Waals surface area contributed by atoms with E-state index < -0.39 is 5.60 Å². The summed E-state index contributed by atoms with van der Waals surface area (Å²) in [5, 5.41) is 16.3. The number of carbonyl (C=O) groups excluding carboxylic acids is 1. The Morgan fingerprint density at radius 1 is 1.45 bits per heavy atom. The van der Waals surface area contributed by atoms with E-state index >= 15 is 0 Å². The Labute approximate surface area is 117 Å². The highest BCUT2D eigenvalue weighted by atomic mass is 16.3. The monoisotopic (exact) mass is 274 g/mol. The Kier molecular flexibility index (Phi) is 3.85. The molecule has 6 nitrogen and oxygen atoms in total. The molecule has 106 valence electrons. The molecule has 0 unspecified atom stereocenters. The summed E-state index contributed by atoms with van der Waals surface area (Å²) in [6.45, 7) is 3.60. The molecule has 0 aliphatic carbocycles. The minimum absolute atomic E-state index is 0.145. The van der Waals surface area contributed by atoms with Crippen molar-refractivity contribution in [3.63, 3.8) is 0 Å². The van der Waals surface area contributed by atoms with E-state index in [4.69, 9.17) is 0 Å². The zero-order chi connectivity index (χ0) is 14.8. The van der Waals surface area contributed by atoms with Crippen LogP contribution in [0.5, 0.6) is 0 Å². The van der Waals surface area contributed by atoms with Crippen molar-refractivity contribution in [2.45, 2.75) is 19.4 Å². The Bertz CT molecular complexity index is 587. The van der Waals surface area contributed by atoms with E-state index in [1.807, 2.05) is 6.07 Å². The van der Waals surface area contributed by atoms with Gasteiger partial charge in [0.1, 0.15) is 6.33 Å². The number of rotatable bonds is 4. The van der Waals surface area contributed by atoms with Crippen molar-refractivity contribution in [1.82, 2.24) is 20.1 Å². The van der Waals surface area contributed by atoms with Gasteiger partial charge in [0.2, 0.25) is 0 Å². The van der Waals surface area contributed by atoms with Crippen LogP contribution in [0, 0.1) is 0 Å². The Morgan fingerprint density at radius 3 is 2.80 bits per heavy atom. The number of nitrogens with one attached hydrogen (secondary N) is 1. The SMILES string of the molecule is CN(CC(C)(C)O)C(=O)c1cccc(-c2ncn[nH]2)c1. The average molecular weight is 274 g/mol. The second kappa shape index (κ2) is 5.42. The van der Waals surface area contributed by atoms with E-state index in [1.165, 1.54) is 11.2 Å². The number of amides is 1. The third-order valence-corrected chi connectivity index (χ3v) is 2.77. The molecule has 2 rings (SSSR count). The first-order valence-corrected chi connectivity index (χ1v) is 6.30. The van der Waals surface area contributed by atoms with Crippen molar-refractivity contribution in [2.24, 2.45) is 0 Å². The van der Waals surface area contributed by atoms with E-state index in [0.717, 1.165) is 5.56 Å². The first-order chi connectivity index (χ1) is 9.37. The standard InChI is InChI=1S/C14H18N4O2/c1-14(2,20)8-18(3)13(19)11-6-4-5-10(7-11)12-15-9-16-17-12/h4-7,9,20H,8H2,1-3H3,(H,15,16,17). The average Bonchev–Trinajstić information content (AvgIpc) is 2.90. The predicted octanol–water partition coefficient (Wildman–Crippen LogP) is 1.31. The summed E-state index contributed by atoms with van der Waals surface area (Å²) in [5.41, 5.74) is 0.420. The largest absolute Gasteiger partial charge is 0.389 e. The van der Waals surface area contributed by atoms with Crippen LogP contribution in [0.25, 0.3) is 11.4 Å². The summed E-state index contributed by atoms with van der Waals surface area (Å²) in [4.78, 5) is 17.9. The lowest BCUT2D eigenvalue weighted by atomic mass is 10.1. The highest BCUT2D eigenvalue weighted by molar-refractivity contribution is 5.95. The lowest BCUT2D eigenvalue weighted by Crippen LogP contribution is -2.39. The van der Waals surface area contributed by atoms with Crippen molar-refractivity contribution in [1.29, 1.82) is 0 Å². The minimum Gasteiger partial charge on any atom is -0.389 e. The normalized spacial score (nSPS) is 11.4. The summed E-state index contributed by atoms with van der Waals surface area (Å²) in [6, 6.07) is 7.14. The van der Waals surface area contributed by atoms with Crippen LogP contribution in [0.4, 0.5) is 0 Å². The molecule has 0 aliphatic heterocycles. The number of hydrogen-bond acceptors (Lipinski definition) is 4. The molecule has 6 heteroatoms. The molecule has 2 N–H and O–H groups in total. The van der Waals surface area contributed by atoms with E-state index in [0.29, 0.717) is 11.4 Å². The summed E-state index contributed by atoms with van der Waals surface area (Å²) >= 11 is 0. The summed E-state index contributed by atoms with van der Waals surface area (Å²) < 4.78 is 0.